The Hall–Kier alpha value is -2.64. The molecular weight excluding hydrogens is 240 g/mol. The maximum atomic E-state index is 10.8. The lowest BCUT2D eigenvalue weighted by Gasteiger charge is -2.19. The van der Waals surface area contributed by atoms with Gasteiger partial charge in [-0.1, -0.05) is 0 Å². The molecule has 0 spiro atoms. The van der Waals surface area contributed by atoms with Gasteiger partial charge in [0.2, 0.25) is 0 Å². The van der Waals surface area contributed by atoms with Crippen LogP contribution < -0.4 is 4.90 Å². The van der Waals surface area contributed by atoms with E-state index in [1.54, 1.807) is 12.3 Å². The standard InChI is InChI=1S/C10H10N4O4/c15-8(16)5-13(6-9(17)18)10-7-1-2-12-14(7)4-3-11-10/h1-4H,5-6H2,(H,15,16)(H,17,18). The molecule has 2 aromatic heterocycles. The number of carbonyl (C=O) groups is 2. The third kappa shape index (κ3) is 2.37. The lowest BCUT2D eigenvalue weighted by Crippen LogP contribution is -2.35. The first-order valence-corrected chi connectivity index (χ1v) is 5.05. The van der Waals surface area contributed by atoms with Crippen LogP contribution in [0.25, 0.3) is 5.52 Å². The second kappa shape index (κ2) is 4.70. The van der Waals surface area contributed by atoms with E-state index in [0.717, 1.165) is 0 Å². The van der Waals surface area contributed by atoms with Gasteiger partial charge in [-0.25, -0.2) is 9.50 Å². The quantitative estimate of drug-likeness (QED) is 0.750. The minimum absolute atomic E-state index is 0.278. The van der Waals surface area contributed by atoms with Crippen LogP contribution in [0.15, 0.2) is 24.7 Å². The van der Waals surface area contributed by atoms with Crippen LogP contribution in [-0.4, -0.2) is 49.8 Å². The average molecular weight is 250 g/mol. The minimum atomic E-state index is -1.13. The lowest BCUT2D eigenvalue weighted by atomic mass is 10.4. The van der Waals surface area contributed by atoms with Gasteiger partial charge in [-0.05, 0) is 6.07 Å². The fraction of sp³-hybridized carbons (Fsp3) is 0.200. The highest BCUT2D eigenvalue weighted by molar-refractivity contribution is 5.82. The van der Waals surface area contributed by atoms with Crippen LogP contribution in [0.5, 0.6) is 0 Å². The fourth-order valence-corrected chi connectivity index (χ4v) is 1.62. The Morgan fingerprint density at radius 3 is 2.50 bits per heavy atom. The summed E-state index contributed by atoms with van der Waals surface area (Å²) in [5, 5.41) is 21.6. The molecule has 0 aliphatic carbocycles. The smallest absolute Gasteiger partial charge is 0.323 e. The number of hydrogen-bond acceptors (Lipinski definition) is 5. The molecule has 0 fully saturated rings. The lowest BCUT2D eigenvalue weighted by molar-refractivity contribution is -0.136. The van der Waals surface area contributed by atoms with Gasteiger partial charge in [-0.15, -0.1) is 0 Å². The largest absolute Gasteiger partial charge is 0.480 e. The Bertz CT molecular complexity index is 578. The second-order valence-electron chi connectivity index (χ2n) is 3.56. The number of carboxylic acids is 2. The van der Waals surface area contributed by atoms with Gasteiger partial charge in [0.25, 0.3) is 0 Å². The first-order valence-electron chi connectivity index (χ1n) is 5.05. The zero-order chi connectivity index (χ0) is 13.1. The number of anilines is 1. The Labute approximate surface area is 101 Å². The summed E-state index contributed by atoms with van der Waals surface area (Å²) in [6.07, 6.45) is 4.56. The number of rotatable bonds is 5. The van der Waals surface area contributed by atoms with Gasteiger partial charge in [0.05, 0.1) is 6.20 Å². The summed E-state index contributed by atoms with van der Waals surface area (Å²) in [5.41, 5.74) is 0.556. The summed E-state index contributed by atoms with van der Waals surface area (Å²) in [7, 11) is 0. The predicted molar refractivity (Wildman–Crippen MR) is 60.5 cm³/mol. The van der Waals surface area contributed by atoms with Crippen molar-refractivity contribution in [2.75, 3.05) is 18.0 Å². The highest BCUT2D eigenvalue weighted by atomic mass is 16.4. The Kier molecular flexibility index (Phi) is 3.09. The maximum Gasteiger partial charge on any atom is 0.323 e. The van der Waals surface area contributed by atoms with Gasteiger partial charge < -0.3 is 15.1 Å². The summed E-state index contributed by atoms with van der Waals surface area (Å²) in [4.78, 5) is 26.7. The molecule has 2 aromatic rings. The summed E-state index contributed by atoms with van der Waals surface area (Å²) in [6, 6.07) is 1.64. The highest BCUT2D eigenvalue weighted by Gasteiger charge is 2.18. The molecule has 0 aromatic carbocycles. The van der Waals surface area contributed by atoms with Crippen LogP contribution >= 0.6 is 0 Å². The van der Waals surface area contributed by atoms with Crippen molar-refractivity contribution in [1.82, 2.24) is 14.6 Å². The molecule has 2 heterocycles. The number of nitrogens with zero attached hydrogens (tertiary/aromatic N) is 4. The van der Waals surface area contributed by atoms with E-state index >= 15 is 0 Å². The molecule has 8 nitrogen and oxygen atoms in total. The van der Waals surface area contributed by atoms with Crippen LogP contribution in [0, 0.1) is 0 Å². The van der Waals surface area contributed by atoms with E-state index in [-0.39, 0.29) is 5.82 Å². The molecule has 0 unspecified atom stereocenters. The molecule has 0 atom stereocenters. The minimum Gasteiger partial charge on any atom is -0.480 e. The molecular formula is C10H10N4O4. The van der Waals surface area contributed by atoms with Crippen LogP contribution in [0.1, 0.15) is 0 Å². The van der Waals surface area contributed by atoms with Crippen LogP contribution in [-0.2, 0) is 9.59 Å². The van der Waals surface area contributed by atoms with E-state index in [2.05, 4.69) is 10.1 Å². The van der Waals surface area contributed by atoms with Crippen molar-refractivity contribution < 1.29 is 19.8 Å². The van der Waals surface area contributed by atoms with Crippen molar-refractivity contribution in [1.29, 1.82) is 0 Å². The highest BCUT2D eigenvalue weighted by Crippen LogP contribution is 2.17. The van der Waals surface area contributed by atoms with E-state index in [4.69, 9.17) is 10.2 Å². The van der Waals surface area contributed by atoms with Crippen molar-refractivity contribution in [3.63, 3.8) is 0 Å². The molecule has 0 aliphatic heterocycles. The molecule has 0 saturated carbocycles. The molecule has 94 valence electrons. The van der Waals surface area contributed by atoms with E-state index < -0.39 is 25.0 Å². The Morgan fingerprint density at radius 1 is 1.22 bits per heavy atom. The molecule has 8 heteroatoms. The molecule has 0 radical (unpaired) electrons. The Morgan fingerprint density at radius 2 is 1.89 bits per heavy atom. The second-order valence-corrected chi connectivity index (χ2v) is 3.56. The molecule has 0 aliphatic rings. The summed E-state index contributed by atoms with van der Waals surface area (Å²) < 4.78 is 1.50. The van der Waals surface area contributed by atoms with E-state index in [1.807, 2.05) is 0 Å². The van der Waals surface area contributed by atoms with Gasteiger partial charge in [0, 0.05) is 12.4 Å². The SMILES string of the molecule is O=C(O)CN(CC(=O)O)c1nccn2nccc12. The molecule has 2 N–H and O–H groups in total. The van der Waals surface area contributed by atoms with E-state index in [1.165, 1.54) is 21.8 Å². The number of fused-ring (bicyclic) bond motifs is 1. The van der Waals surface area contributed by atoms with Crippen molar-refractivity contribution in [2.45, 2.75) is 0 Å². The number of hydrogen-bond donors (Lipinski definition) is 2. The third-order valence-electron chi connectivity index (χ3n) is 2.26. The maximum absolute atomic E-state index is 10.8. The molecule has 2 rings (SSSR count). The third-order valence-corrected chi connectivity index (χ3v) is 2.26. The van der Waals surface area contributed by atoms with Crippen LogP contribution in [0.3, 0.4) is 0 Å². The van der Waals surface area contributed by atoms with Crippen molar-refractivity contribution in [3.8, 4) is 0 Å². The number of aliphatic carboxylic acids is 2. The molecule has 0 bridgehead atoms. The topological polar surface area (TPSA) is 108 Å². The predicted octanol–water partition coefficient (Wildman–Crippen LogP) is -0.295. The number of carboxylic acid groups (broad SMARTS) is 2. The zero-order valence-corrected chi connectivity index (χ0v) is 9.22. The Balaban J connectivity index is 2.42. The molecule has 18 heavy (non-hydrogen) atoms. The van der Waals surface area contributed by atoms with Gasteiger partial charge in [0.15, 0.2) is 5.82 Å². The van der Waals surface area contributed by atoms with E-state index in [0.29, 0.717) is 5.52 Å². The van der Waals surface area contributed by atoms with Crippen molar-refractivity contribution in [2.24, 2.45) is 0 Å². The van der Waals surface area contributed by atoms with Crippen LogP contribution in [0.2, 0.25) is 0 Å². The first kappa shape index (κ1) is 11.8. The summed E-state index contributed by atoms with van der Waals surface area (Å²) in [5.74, 6) is -1.97. The van der Waals surface area contributed by atoms with Gasteiger partial charge >= 0.3 is 11.9 Å². The van der Waals surface area contributed by atoms with E-state index in [9.17, 15) is 9.59 Å². The number of aromatic nitrogens is 3. The zero-order valence-electron chi connectivity index (χ0n) is 9.22. The first-order chi connectivity index (χ1) is 8.58. The van der Waals surface area contributed by atoms with Gasteiger partial charge in [-0.3, -0.25) is 9.59 Å². The van der Waals surface area contributed by atoms with Crippen molar-refractivity contribution >= 4 is 23.3 Å². The normalized spacial score (nSPS) is 10.4. The average Bonchev–Trinajstić information content (AvgIpc) is 2.74. The van der Waals surface area contributed by atoms with Gasteiger partial charge in [-0.2, -0.15) is 5.10 Å². The molecule has 0 saturated heterocycles. The summed E-state index contributed by atoms with van der Waals surface area (Å²) >= 11 is 0. The fourth-order valence-electron chi connectivity index (χ4n) is 1.62. The molecule has 0 amide bonds. The van der Waals surface area contributed by atoms with Gasteiger partial charge in [0.1, 0.15) is 18.6 Å². The monoisotopic (exact) mass is 250 g/mol. The van der Waals surface area contributed by atoms with Crippen molar-refractivity contribution in [3.05, 3.63) is 24.7 Å². The summed E-state index contributed by atoms with van der Waals surface area (Å²) in [6.45, 7) is -0.881. The van der Waals surface area contributed by atoms with Crippen LogP contribution in [0.4, 0.5) is 5.82 Å².